The molecule has 59 heavy (non-hydrogen) atoms. The van der Waals surface area contributed by atoms with Crippen LogP contribution in [0.5, 0.6) is 0 Å². The number of carboxylic acids is 2. The Labute approximate surface area is 362 Å². The summed E-state index contributed by atoms with van der Waals surface area (Å²) in [6.45, 7) is 11.6. The summed E-state index contributed by atoms with van der Waals surface area (Å²) < 4.78 is 0. The Hall–Kier alpha value is -5.38. The standard InChI is InChI=1S/2C21H18O2.2C4H12N2.Fe/c2*1-14-6-10-16(11-7-14)18-4-3-5-19(20(18)21(22)23)17-12-8-15(2)9-13-17;2*1-6(2)4-3-5;/h2*3-13H,1-2H3,(H,22,23);2*3-5H2,1-2H3;/q;;;;+4. The smallest absolute Gasteiger partial charge is 0.478 e. The first kappa shape index (κ1) is 49.8. The van der Waals surface area contributed by atoms with Crippen LogP contribution in [-0.2, 0) is 17.1 Å². The predicted octanol–water partition coefficient (Wildman–Crippen LogP) is 9.68. The Morgan fingerprint density at radius 1 is 0.424 bits per heavy atom. The molecule has 0 bridgehead atoms. The molecule has 0 unspecified atom stereocenters. The van der Waals surface area contributed by atoms with Crippen LogP contribution in [-0.4, -0.2) is 86.3 Å². The van der Waals surface area contributed by atoms with Gasteiger partial charge in [-0.2, -0.15) is 0 Å². The molecule has 9 heteroatoms. The van der Waals surface area contributed by atoms with Crippen molar-refractivity contribution in [2.75, 3.05) is 54.4 Å². The van der Waals surface area contributed by atoms with Crippen LogP contribution in [0.3, 0.4) is 0 Å². The number of aryl methyl sites for hydroxylation is 4. The number of benzene rings is 6. The van der Waals surface area contributed by atoms with Gasteiger partial charge in [0.1, 0.15) is 0 Å². The molecule has 6 aromatic rings. The van der Waals surface area contributed by atoms with E-state index in [2.05, 4.69) is 9.80 Å². The van der Waals surface area contributed by atoms with Gasteiger partial charge in [0.2, 0.25) is 0 Å². The number of nitrogens with zero attached hydrogens (tertiary/aromatic N) is 2. The van der Waals surface area contributed by atoms with Gasteiger partial charge in [-0.25, -0.2) is 9.59 Å². The molecule has 0 aliphatic rings. The molecule has 0 heterocycles. The Bertz CT molecular complexity index is 1900. The van der Waals surface area contributed by atoms with E-state index in [1.54, 1.807) is 0 Å². The summed E-state index contributed by atoms with van der Waals surface area (Å²) in [6.07, 6.45) is 0. The van der Waals surface area contributed by atoms with Gasteiger partial charge in [-0.3, -0.25) is 0 Å². The van der Waals surface area contributed by atoms with Crippen molar-refractivity contribution in [1.82, 2.24) is 9.80 Å². The fourth-order valence-corrected chi connectivity index (χ4v) is 5.98. The SMILES string of the molecule is CN(C)CCN.CN(C)CCN.Cc1ccc(-c2cccc(-c3ccc(C)cc3)c2C(=O)O)cc1.Cc1ccc(-c2cccc(-c3ccc(C)cc3)c2C(=O)O)cc1.[Fe+4]. The second-order valence-electron chi connectivity index (χ2n) is 14.7. The number of hydrogen-bond donors (Lipinski definition) is 4. The van der Waals surface area contributed by atoms with Crippen molar-refractivity contribution in [2.24, 2.45) is 11.5 Å². The summed E-state index contributed by atoms with van der Waals surface area (Å²) in [5.41, 5.74) is 22.3. The van der Waals surface area contributed by atoms with E-state index in [9.17, 15) is 19.8 Å². The van der Waals surface area contributed by atoms with Gasteiger partial charge in [0.15, 0.2) is 0 Å². The van der Waals surface area contributed by atoms with Crippen LogP contribution in [0.2, 0.25) is 0 Å². The van der Waals surface area contributed by atoms with Gasteiger partial charge in [-0.1, -0.05) is 156 Å². The first-order valence-electron chi connectivity index (χ1n) is 19.4. The monoisotopic (exact) mass is 836 g/mol. The van der Waals surface area contributed by atoms with Crippen LogP contribution in [0, 0.1) is 27.7 Å². The fourth-order valence-electron chi connectivity index (χ4n) is 5.98. The summed E-state index contributed by atoms with van der Waals surface area (Å²) in [5.74, 6) is -1.81. The first-order chi connectivity index (χ1) is 27.7. The summed E-state index contributed by atoms with van der Waals surface area (Å²) in [6, 6.07) is 43.0. The number of carbonyl (C=O) groups is 2. The number of carboxylic acid groups (broad SMARTS) is 2. The van der Waals surface area contributed by atoms with Gasteiger partial charge in [0, 0.05) is 26.2 Å². The molecule has 0 atom stereocenters. The molecule has 0 radical (unpaired) electrons. The second kappa shape index (κ2) is 25.2. The van der Waals surface area contributed by atoms with E-state index in [1.807, 2.05) is 189 Å². The molecule has 0 amide bonds. The third-order valence-electron chi connectivity index (χ3n) is 9.16. The molecule has 8 nitrogen and oxygen atoms in total. The number of aromatic carboxylic acids is 2. The van der Waals surface area contributed by atoms with E-state index in [-0.39, 0.29) is 17.1 Å². The third kappa shape index (κ3) is 15.7. The van der Waals surface area contributed by atoms with Gasteiger partial charge in [-0.15, -0.1) is 0 Å². The summed E-state index contributed by atoms with van der Waals surface area (Å²) in [7, 11) is 8.03. The van der Waals surface area contributed by atoms with Crippen molar-refractivity contribution < 1.29 is 36.9 Å². The molecule has 0 aliphatic carbocycles. The maximum absolute atomic E-state index is 11.9. The van der Waals surface area contributed by atoms with Crippen molar-refractivity contribution in [2.45, 2.75) is 27.7 Å². The summed E-state index contributed by atoms with van der Waals surface area (Å²) in [4.78, 5) is 28.0. The van der Waals surface area contributed by atoms with Crippen LogP contribution in [0.15, 0.2) is 133 Å². The minimum Gasteiger partial charge on any atom is -0.478 e. The molecule has 0 saturated carbocycles. The molecule has 6 rings (SSSR count). The molecular formula is C50H60FeN4O4+4. The zero-order chi connectivity index (χ0) is 42.8. The maximum atomic E-state index is 11.9. The predicted molar refractivity (Wildman–Crippen MR) is 243 cm³/mol. The van der Waals surface area contributed by atoms with Crippen molar-refractivity contribution in [1.29, 1.82) is 0 Å². The van der Waals surface area contributed by atoms with Gasteiger partial charge in [0.25, 0.3) is 0 Å². The molecule has 0 aliphatic heterocycles. The number of nitrogens with two attached hydrogens (primary N) is 2. The van der Waals surface area contributed by atoms with Crippen molar-refractivity contribution in [3.05, 3.63) is 167 Å². The number of likely N-dealkylation sites (N-methyl/N-ethyl adjacent to an activating group) is 2. The van der Waals surface area contributed by atoms with E-state index in [4.69, 9.17) is 11.5 Å². The Morgan fingerprint density at radius 3 is 0.763 bits per heavy atom. The average molecular weight is 837 g/mol. The molecular weight excluding hydrogens is 776 g/mol. The topological polar surface area (TPSA) is 133 Å². The molecule has 308 valence electrons. The van der Waals surface area contributed by atoms with Crippen molar-refractivity contribution >= 4 is 11.9 Å². The normalized spacial score (nSPS) is 10.2. The molecule has 6 N–H and O–H groups in total. The molecule has 0 aromatic heterocycles. The summed E-state index contributed by atoms with van der Waals surface area (Å²) in [5, 5.41) is 19.6. The first-order valence-corrected chi connectivity index (χ1v) is 19.4. The minimum absolute atomic E-state index is 0. The van der Waals surface area contributed by atoms with E-state index >= 15 is 0 Å². The van der Waals surface area contributed by atoms with Gasteiger partial charge < -0.3 is 31.5 Å². The minimum atomic E-state index is -0.906. The Morgan fingerprint density at radius 2 is 0.627 bits per heavy atom. The van der Waals surface area contributed by atoms with Crippen LogP contribution in [0.4, 0.5) is 0 Å². The van der Waals surface area contributed by atoms with Gasteiger partial charge >= 0.3 is 29.0 Å². The van der Waals surface area contributed by atoms with Crippen molar-refractivity contribution in [3.63, 3.8) is 0 Å². The quantitative estimate of drug-likeness (QED) is 0.100. The van der Waals surface area contributed by atoms with E-state index in [0.717, 1.165) is 92.9 Å². The Kier molecular flexibility index (Phi) is 21.2. The molecule has 0 spiro atoms. The Balaban J connectivity index is 0.000000316. The van der Waals surface area contributed by atoms with Crippen LogP contribution >= 0.6 is 0 Å². The average Bonchev–Trinajstić information content (AvgIpc) is 3.19. The van der Waals surface area contributed by atoms with Gasteiger partial charge in [0.05, 0.1) is 11.1 Å². The largest absolute Gasteiger partial charge is 4.00 e. The van der Waals surface area contributed by atoms with Crippen LogP contribution in [0.1, 0.15) is 43.0 Å². The molecule has 0 saturated heterocycles. The maximum Gasteiger partial charge on any atom is 4.00 e. The molecule has 0 fully saturated rings. The number of hydrogen-bond acceptors (Lipinski definition) is 6. The van der Waals surface area contributed by atoms with Gasteiger partial charge in [-0.05, 0) is 100 Å². The van der Waals surface area contributed by atoms with E-state index in [1.165, 1.54) is 0 Å². The number of rotatable bonds is 10. The second-order valence-corrected chi connectivity index (χ2v) is 14.7. The molecule has 6 aromatic carbocycles. The van der Waals surface area contributed by atoms with Crippen LogP contribution in [0.25, 0.3) is 44.5 Å². The van der Waals surface area contributed by atoms with Crippen molar-refractivity contribution in [3.8, 4) is 44.5 Å². The van der Waals surface area contributed by atoms with Crippen LogP contribution < -0.4 is 11.5 Å². The third-order valence-corrected chi connectivity index (χ3v) is 9.16. The zero-order valence-corrected chi connectivity index (χ0v) is 36.7. The fraction of sp³-hybridized carbons (Fsp3) is 0.240. The van der Waals surface area contributed by atoms with E-state index < -0.39 is 11.9 Å². The zero-order valence-electron chi connectivity index (χ0n) is 35.6. The van der Waals surface area contributed by atoms with E-state index in [0.29, 0.717) is 11.1 Å². The summed E-state index contributed by atoms with van der Waals surface area (Å²) >= 11 is 0.